The molecule has 18 nitrogen and oxygen atoms in total. The Labute approximate surface area is 632 Å². The highest BCUT2D eigenvalue weighted by atomic mass is 35.5. The smallest absolute Gasteiger partial charge is 0.243 e. The van der Waals surface area contributed by atoms with Gasteiger partial charge in [0.15, 0.2) is 0 Å². The quantitative estimate of drug-likeness (QED) is 0.0614. The third-order valence-corrected chi connectivity index (χ3v) is 26.1. The SMILES string of the molecule is Cc1cc(C)c(S(=O)(=O)N2Cc3ccccc3N(Cc3cnc[nH]3)C(CCc3ccccc3)C2)c(C)c1.O=S(=O)(c1ccc(Cl)cc1)N1Cc2ccccc2N(Cc2cnc[nH]2)C(CCc2ccccc2)C1.O=S(=O)(c1ccc(F)cc1)N1Cc2ccccc2N(Cc2cnc[nH]2)C(CCc2ccccc2)C1. The summed E-state index contributed by atoms with van der Waals surface area (Å²) in [5.41, 5.74) is 15.4. The third-order valence-electron chi connectivity index (χ3n) is 20.1. The first-order valence-corrected chi connectivity index (χ1v) is 40.7. The Morgan fingerprint density at radius 3 is 1.04 bits per heavy atom. The van der Waals surface area contributed by atoms with E-state index in [1.807, 2.05) is 142 Å². The minimum Gasteiger partial charge on any atom is -0.361 e. The zero-order valence-corrected chi connectivity index (χ0v) is 63.3. The molecule has 12 aromatic rings. The Kier molecular flexibility index (Phi) is 24.1. The molecule has 0 amide bonds. The predicted molar refractivity (Wildman–Crippen MR) is 421 cm³/mol. The van der Waals surface area contributed by atoms with Crippen LogP contribution in [-0.4, -0.2) is 106 Å². The van der Waals surface area contributed by atoms with E-state index in [9.17, 15) is 29.6 Å². The van der Waals surface area contributed by atoms with Crippen molar-refractivity contribution in [2.45, 2.75) is 131 Å². The zero-order valence-electron chi connectivity index (χ0n) is 60.1. The van der Waals surface area contributed by atoms with Gasteiger partial charge in [-0.15, -0.1) is 0 Å². The van der Waals surface area contributed by atoms with Gasteiger partial charge in [0.05, 0.1) is 70.4 Å². The maximum absolute atomic E-state index is 14.2. The summed E-state index contributed by atoms with van der Waals surface area (Å²) < 4.78 is 102. The predicted octanol–water partition coefficient (Wildman–Crippen LogP) is 15.6. The third kappa shape index (κ3) is 18.3. The average Bonchev–Trinajstić information content (AvgIpc) is 1.74. The van der Waals surface area contributed by atoms with Crippen molar-refractivity contribution >= 4 is 58.7 Å². The second-order valence-electron chi connectivity index (χ2n) is 27.6. The molecule has 107 heavy (non-hydrogen) atoms. The van der Waals surface area contributed by atoms with Crippen molar-refractivity contribution < 1.29 is 29.6 Å². The number of H-pyrrole nitrogens is 3. The number of benzene rings is 9. The summed E-state index contributed by atoms with van der Waals surface area (Å²) in [7, 11) is -11.3. The lowest BCUT2D eigenvalue weighted by Gasteiger charge is -2.34. The van der Waals surface area contributed by atoms with Gasteiger partial charge >= 0.3 is 0 Å². The molecule has 3 N–H and O–H groups in total. The zero-order chi connectivity index (χ0) is 74.5. The minimum atomic E-state index is -3.83. The summed E-state index contributed by atoms with van der Waals surface area (Å²) in [6, 6.07) is 70.4. The maximum Gasteiger partial charge on any atom is 0.243 e. The molecular formula is C84H88ClFN12O6S3. The summed E-state index contributed by atoms with van der Waals surface area (Å²) in [5, 5.41) is 0.511. The van der Waals surface area contributed by atoms with Crippen LogP contribution in [0, 0.1) is 26.6 Å². The molecule has 552 valence electrons. The number of nitrogens with zero attached hydrogens (tertiary/aromatic N) is 9. The van der Waals surface area contributed by atoms with Crippen molar-refractivity contribution in [1.29, 1.82) is 0 Å². The fourth-order valence-electron chi connectivity index (χ4n) is 14.9. The molecule has 0 saturated heterocycles. The van der Waals surface area contributed by atoms with Gasteiger partial charge in [0, 0.05) is 98.1 Å². The number of sulfonamides is 3. The van der Waals surface area contributed by atoms with Crippen molar-refractivity contribution in [2.75, 3.05) is 34.3 Å². The topological polar surface area (TPSA) is 208 Å². The van der Waals surface area contributed by atoms with Gasteiger partial charge < -0.3 is 29.7 Å². The van der Waals surface area contributed by atoms with E-state index in [0.717, 1.165) is 106 Å². The van der Waals surface area contributed by atoms with Gasteiger partial charge in [0.25, 0.3) is 0 Å². The molecule has 15 rings (SSSR count). The van der Waals surface area contributed by atoms with Crippen LogP contribution in [0.3, 0.4) is 0 Å². The highest BCUT2D eigenvalue weighted by molar-refractivity contribution is 7.89. The minimum absolute atomic E-state index is 0.0204. The summed E-state index contributed by atoms with van der Waals surface area (Å²) in [6.07, 6.45) is 15.4. The van der Waals surface area contributed by atoms with E-state index in [0.29, 0.717) is 62.3 Å². The number of aromatic nitrogens is 6. The van der Waals surface area contributed by atoms with Crippen molar-refractivity contribution in [3.8, 4) is 0 Å². The van der Waals surface area contributed by atoms with Crippen LogP contribution in [0.15, 0.2) is 277 Å². The van der Waals surface area contributed by atoms with Crippen molar-refractivity contribution in [3.05, 3.63) is 340 Å². The molecule has 0 saturated carbocycles. The second-order valence-corrected chi connectivity index (χ2v) is 33.8. The summed E-state index contributed by atoms with van der Waals surface area (Å²) in [5.74, 6) is -0.461. The van der Waals surface area contributed by atoms with Gasteiger partial charge in [-0.25, -0.2) is 44.6 Å². The highest BCUT2D eigenvalue weighted by Gasteiger charge is 2.39. The number of aryl methyl sites for hydroxylation is 6. The van der Waals surface area contributed by atoms with Gasteiger partial charge in [0.2, 0.25) is 30.1 Å². The van der Waals surface area contributed by atoms with Crippen LogP contribution in [-0.2, 0) is 88.6 Å². The lowest BCUT2D eigenvalue weighted by Crippen LogP contribution is -2.44. The van der Waals surface area contributed by atoms with E-state index in [-0.39, 0.29) is 34.5 Å². The van der Waals surface area contributed by atoms with Gasteiger partial charge in [-0.2, -0.15) is 12.9 Å². The number of hydrogen-bond acceptors (Lipinski definition) is 12. The molecular weight excluding hydrogens is 1420 g/mol. The molecule has 0 spiro atoms. The van der Waals surface area contributed by atoms with Gasteiger partial charge in [-0.05, 0) is 171 Å². The number of fused-ring (bicyclic) bond motifs is 3. The standard InChI is InChI=1S/C30H34N4O2S.C27H27ClN4O2S.C27H27FN4O2S/c1-22-15-23(2)30(24(3)16-22)37(35,36)33-18-26-11-7-8-12-29(26)34(19-27-17-31-21-32-27)28(20-33)14-13-25-9-5-4-6-10-25;2*28-23-11-14-26(15-12-23)35(33,34)31-17-22-8-4-5-9-27(22)32(18-24-16-29-20-30-24)25(19-31)13-10-21-6-2-1-3-7-21/h4-12,15-17,21,28H,13-14,18-20H2,1-3H3,(H,31,32);2*1-9,11-12,14-16,20,25H,10,13,17-19H2,(H,29,30). The molecule has 23 heteroatoms. The number of rotatable bonds is 21. The number of nitrogens with one attached hydrogen (secondary N) is 3. The second kappa shape index (κ2) is 34.2. The molecule has 0 bridgehead atoms. The van der Waals surface area contributed by atoms with Gasteiger partial charge in [-0.3, -0.25) is 0 Å². The van der Waals surface area contributed by atoms with Crippen molar-refractivity contribution in [3.63, 3.8) is 0 Å². The van der Waals surface area contributed by atoms with E-state index in [2.05, 4.69) is 111 Å². The highest BCUT2D eigenvalue weighted by Crippen LogP contribution is 2.38. The van der Waals surface area contributed by atoms with Gasteiger partial charge in [0.1, 0.15) is 5.82 Å². The molecule has 3 unspecified atom stereocenters. The van der Waals surface area contributed by atoms with E-state index < -0.39 is 35.9 Å². The Morgan fingerprint density at radius 2 is 0.710 bits per heavy atom. The van der Waals surface area contributed by atoms with E-state index in [1.165, 1.54) is 45.3 Å². The van der Waals surface area contributed by atoms with Crippen LogP contribution >= 0.6 is 11.6 Å². The van der Waals surface area contributed by atoms with Crippen LogP contribution in [0.25, 0.3) is 0 Å². The molecule has 6 heterocycles. The molecule has 0 aliphatic carbocycles. The van der Waals surface area contributed by atoms with Crippen LogP contribution in [0.1, 0.15) is 86.4 Å². The molecule has 3 aliphatic rings. The van der Waals surface area contributed by atoms with E-state index in [4.69, 9.17) is 11.6 Å². The monoisotopic (exact) mass is 1510 g/mol. The van der Waals surface area contributed by atoms with E-state index in [1.54, 1.807) is 58.1 Å². The lowest BCUT2D eigenvalue weighted by molar-refractivity contribution is 0.369. The Morgan fingerprint density at radius 1 is 0.402 bits per heavy atom. The molecule has 0 fully saturated rings. The summed E-state index contributed by atoms with van der Waals surface area (Å²) in [6.45, 7) is 9.63. The number of para-hydroxylation sites is 3. The van der Waals surface area contributed by atoms with Crippen molar-refractivity contribution in [1.82, 2.24) is 42.8 Å². The molecule has 3 aliphatic heterocycles. The number of imidazole rings is 3. The van der Waals surface area contributed by atoms with Crippen LogP contribution < -0.4 is 14.7 Å². The van der Waals surface area contributed by atoms with E-state index >= 15 is 0 Å². The number of aromatic amines is 3. The molecule has 3 aromatic heterocycles. The molecule has 9 aromatic carbocycles. The lowest BCUT2D eigenvalue weighted by atomic mass is 10.0. The first kappa shape index (κ1) is 75.2. The fourth-order valence-corrected chi connectivity index (χ4v) is 19.8. The fraction of sp³-hybridized carbons (Fsp3) is 0.250. The van der Waals surface area contributed by atoms with Gasteiger partial charge in [-0.1, -0.05) is 175 Å². The maximum atomic E-state index is 14.2. The van der Waals surface area contributed by atoms with Crippen LogP contribution in [0.5, 0.6) is 0 Å². The van der Waals surface area contributed by atoms with Crippen LogP contribution in [0.2, 0.25) is 5.02 Å². The Hall–Kier alpha value is -10.0. The molecule has 3 atom stereocenters. The first-order valence-electron chi connectivity index (χ1n) is 36.0. The largest absolute Gasteiger partial charge is 0.361 e. The summed E-state index contributed by atoms with van der Waals surface area (Å²) >= 11 is 6.03. The van der Waals surface area contributed by atoms with Crippen molar-refractivity contribution in [2.24, 2.45) is 0 Å². The normalized spacial score (nSPS) is 16.5. The Balaban J connectivity index is 0.000000142. The number of anilines is 3. The molecule has 0 radical (unpaired) electrons. The number of halogens is 2. The first-order chi connectivity index (χ1) is 51.8. The van der Waals surface area contributed by atoms with Crippen LogP contribution in [0.4, 0.5) is 21.5 Å². The average molecular weight is 1510 g/mol. The number of hydrogen-bond donors (Lipinski definition) is 3. The Bertz CT molecular complexity index is 4990. The summed E-state index contributed by atoms with van der Waals surface area (Å²) in [4.78, 5) is 29.9.